The van der Waals surface area contributed by atoms with Crippen molar-refractivity contribution >= 4 is 83.4 Å². The second kappa shape index (κ2) is 39.3. The highest BCUT2D eigenvalue weighted by molar-refractivity contribution is 7.93. The minimum absolute atomic E-state index is 0.0108. The van der Waals surface area contributed by atoms with E-state index in [0.717, 1.165) is 28.9 Å². The van der Waals surface area contributed by atoms with Gasteiger partial charge in [0.2, 0.25) is 27.7 Å². The molecule has 0 saturated carbocycles. The lowest BCUT2D eigenvalue weighted by atomic mass is 9.88. The standard InChI is InChI=1S/C76H118N10O21S3/c1-50-42-57(43-51(2)69(50)109(99,100)81-59(72(94)95)44-78-63(89)25-18-17-23-56-28-27-55-22-20-32-86(71(55)79-56)110(101,102)70-53(4)52(3)68-58(54(70)5)29-30-76(15,16)107-68)103-41-21-26-62(88)77-31-19-24-61(87)60(49-108(96,97)98)80-64(90)45-82-33-35-83(46-65(91)104-73(6,7)8)37-39-85(48-67(93)106-75(12,13)14)40-38-84(36-34-82)47-66(92)105-74(9,10)11/h27-28,42-43,59-60,81H,17-26,29-41,44-49H2,1-16H3,(H,77,88)(H,78,89)(H,80,90)(H,94,95)(H,96,97,98)/t59-,60-/m0/s1. The average molecular weight is 1600 g/mol. The largest absolute Gasteiger partial charge is 0.494 e. The van der Waals surface area contributed by atoms with Crippen molar-refractivity contribution in [1.82, 2.24) is 45.3 Å². The first-order valence-corrected chi connectivity index (χ1v) is 42.2. The van der Waals surface area contributed by atoms with Crippen LogP contribution in [0.1, 0.15) is 179 Å². The Morgan fingerprint density at radius 1 is 0.600 bits per heavy atom. The molecular formula is C76H118N10O21S3. The lowest BCUT2D eigenvalue weighted by Crippen LogP contribution is -2.52. The van der Waals surface area contributed by atoms with Crippen LogP contribution in [0.3, 0.4) is 0 Å². The fraction of sp³-hybridized carbons (Fsp3) is 0.671. The number of esters is 3. The van der Waals surface area contributed by atoms with Gasteiger partial charge in [-0.2, -0.15) is 13.1 Å². The average Bonchev–Trinajstić information content (AvgIpc) is 0.730. The molecule has 1 fully saturated rings. The summed E-state index contributed by atoms with van der Waals surface area (Å²) in [5.74, 6) is -5.17. The van der Waals surface area contributed by atoms with Crippen LogP contribution in [0.5, 0.6) is 11.5 Å². The number of nitrogens with one attached hydrogen (secondary N) is 4. The molecule has 110 heavy (non-hydrogen) atoms. The lowest BCUT2D eigenvalue weighted by Gasteiger charge is -2.36. The summed E-state index contributed by atoms with van der Waals surface area (Å²) < 4.78 is 124. The predicted molar refractivity (Wildman–Crippen MR) is 413 cm³/mol. The van der Waals surface area contributed by atoms with Gasteiger partial charge in [0.05, 0.1) is 42.6 Å². The van der Waals surface area contributed by atoms with E-state index >= 15 is 0 Å². The number of fused-ring (bicyclic) bond motifs is 2. The summed E-state index contributed by atoms with van der Waals surface area (Å²) in [6.07, 6.45) is 3.86. The summed E-state index contributed by atoms with van der Waals surface area (Å²) in [5.41, 5.74) is 2.22. The van der Waals surface area contributed by atoms with E-state index in [1.165, 1.54) is 30.3 Å². The number of aliphatic carboxylic acids is 1. The van der Waals surface area contributed by atoms with Crippen molar-refractivity contribution in [2.45, 2.75) is 232 Å². The second-order valence-corrected chi connectivity index (χ2v) is 37.3. The van der Waals surface area contributed by atoms with Gasteiger partial charge in [0.25, 0.3) is 20.1 Å². The number of aryl methyl sites for hydroxylation is 4. The van der Waals surface area contributed by atoms with Crippen molar-refractivity contribution in [3.63, 3.8) is 0 Å². The number of hydrogen-bond donors (Lipinski definition) is 6. The van der Waals surface area contributed by atoms with Gasteiger partial charge in [0.1, 0.15) is 57.6 Å². The van der Waals surface area contributed by atoms with Crippen LogP contribution in [0.2, 0.25) is 0 Å². The molecule has 3 amide bonds. The van der Waals surface area contributed by atoms with E-state index in [-0.39, 0.29) is 150 Å². The van der Waals surface area contributed by atoms with Crippen LogP contribution in [0, 0.1) is 34.6 Å². The highest BCUT2D eigenvalue weighted by atomic mass is 32.2. The Labute approximate surface area is 649 Å². The SMILES string of the molecule is Cc1cc(OCCCC(=O)NCCCC(=O)[C@H](CS(=O)(=O)O)NC(=O)CN2CCN(CC(=O)OC(C)(C)C)CCN(CC(=O)OC(C)(C)C)CCN(CC(=O)OC(C)(C)C)CC2)cc(C)c1S(=O)(=O)N[C@@H](CNC(=O)CCCCc1ccc2c(n1)N(S(=O)(=O)c1c(C)c(C)c3c(c1C)CCC(C)(C)O3)CCC2)C(=O)O. The second-order valence-electron chi connectivity index (χ2n) is 32.4. The molecule has 0 spiro atoms. The summed E-state index contributed by atoms with van der Waals surface area (Å²) >= 11 is 0. The van der Waals surface area contributed by atoms with E-state index in [0.29, 0.717) is 74.3 Å². The van der Waals surface area contributed by atoms with Gasteiger partial charge in [-0.25, -0.2) is 26.1 Å². The number of ether oxygens (including phenoxy) is 5. The molecule has 4 heterocycles. The van der Waals surface area contributed by atoms with Crippen LogP contribution in [0.4, 0.5) is 5.82 Å². The number of carboxylic acids is 1. The summed E-state index contributed by atoms with van der Waals surface area (Å²) in [7, 11) is -13.4. The van der Waals surface area contributed by atoms with Gasteiger partial charge in [-0.05, 0) is 226 Å². The maximum absolute atomic E-state index is 14.7. The Kier molecular flexibility index (Phi) is 32.7. The van der Waals surface area contributed by atoms with Crippen LogP contribution in [0.15, 0.2) is 34.1 Å². The Morgan fingerprint density at radius 3 is 1.62 bits per heavy atom. The zero-order valence-corrected chi connectivity index (χ0v) is 69.5. The van der Waals surface area contributed by atoms with Gasteiger partial charge in [0.15, 0.2) is 5.78 Å². The molecule has 3 aliphatic rings. The van der Waals surface area contributed by atoms with Crippen molar-refractivity contribution in [2.24, 2.45) is 0 Å². The molecule has 2 aromatic carbocycles. The third-order valence-corrected chi connectivity index (χ3v) is 23.2. The van der Waals surface area contributed by atoms with Gasteiger partial charge < -0.3 is 44.7 Å². The monoisotopic (exact) mass is 1600 g/mol. The highest BCUT2D eigenvalue weighted by Gasteiger charge is 2.39. The van der Waals surface area contributed by atoms with Crippen molar-refractivity contribution in [3.8, 4) is 11.5 Å². The van der Waals surface area contributed by atoms with Crippen molar-refractivity contribution < 1.29 is 97.0 Å². The number of Topliss-reactive ketones (excluding diaryl/α,β-unsaturated/α-hetero) is 1. The minimum Gasteiger partial charge on any atom is -0.494 e. The number of pyridine rings is 1. The minimum atomic E-state index is -4.82. The molecule has 6 rings (SSSR count). The van der Waals surface area contributed by atoms with Crippen LogP contribution < -0.4 is 34.5 Å². The summed E-state index contributed by atoms with van der Waals surface area (Å²) in [6.45, 7) is 29.2. The molecule has 616 valence electrons. The molecule has 6 N–H and O–H groups in total. The number of unbranched alkanes of at least 4 members (excludes halogenated alkanes) is 1. The number of rotatable bonds is 34. The van der Waals surface area contributed by atoms with Crippen molar-refractivity contribution in [1.29, 1.82) is 0 Å². The molecule has 2 atom stereocenters. The van der Waals surface area contributed by atoms with Crippen LogP contribution >= 0.6 is 0 Å². The zero-order chi connectivity index (χ0) is 82.1. The number of hydrogen-bond acceptors (Lipinski definition) is 24. The number of amides is 3. The number of carboxylic acid groups (broad SMARTS) is 1. The molecule has 1 aromatic heterocycles. The fourth-order valence-corrected chi connectivity index (χ4v) is 17.7. The Morgan fingerprint density at radius 2 is 1.11 bits per heavy atom. The molecule has 31 nitrogen and oxygen atoms in total. The summed E-state index contributed by atoms with van der Waals surface area (Å²) in [4.78, 5) is 118. The Balaban J connectivity index is 0.957. The number of nitrogens with zero attached hydrogens (tertiary/aromatic N) is 6. The van der Waals surface area contributed by atoms with E-state index in [9.17, 15) is 73.3 Å². The number of sulfonamides is 2. The first-order chi connectivity index (χ1) is 51.0. The Hall–Kier alpha value is -7.44. The smallest absolute Gasteiger partial charge is 0.323 e. The lowest BCUT2D eigenvalue weighted by molar-refractivity contribution is -0.158. The van der Waals surface area contributed by atoms with Gasteiger partial charge in [-0.15, -0.1) is 0 Å². The zero-order valence-electron chi connectivity index (χ0n) is 67.0. The molecule has 0 aliphatic carbocycles. The number of ketones is 1. The first-order valence-electron chi connectivity index (χ1n) is 37.7. The van der Waals surface area contributed by atoms with Gasteiger partial charge >= 0.3 is 23.9 Å². The fourth-order valence-electron chi connectivity index (χ4n) is 13.3. The molecule has 0 bridgehead atoms. The molecule has 0 radical (unpaired) electrons. The Bertz CT molecular complexity index is 4080. The van der Waals surface area contributed by atoms with E-state index in [4.69, 9.17) is 28.7 Å². The maximum atomic E-state index is 14.7. The molecule has 1 saturated heterocycles. The van der Waals surface area contributed by atoms with Crippen LogP contribution in [0.25, 0.3) is 0 Å². The molecule has 34 heteroatoms. The third-order valence-electron chi connectivity index (χ3n) is 18.6. The number of benzene rings is 2. The van der Waals surface area contributed by atoms with Gasteiger partial charge in [0, 0.05) is 96.9 Å². The van der Waals surface area contributed by atoms with Crippen molar-refractivity contribution in [3.05, 3.63) is 68.9 Å². The maximum Gasteiger partial charge on any atom is 0.323 e. The van der Waals surface area contributed by atoms with Crippen molar-refractivity contribution in [2.75, 3.05) is 115 Å². The van der Waals surface area contributed by atoms with E-state index in [1.807, 2.05) is 61.5 Å². The number of carbonyl (C=O) groups is 8. The third kappa shape index (κ3) is 29.6. The normalized spacial score (nSPS) is 16.6. The molecular weight excluding hydrogens is 1490 g/mol. The molecule has 3 aromatic rings. The van der Waals surface area contributed by atoms with E-state index in [1.54, 1.807) is 67.2 Å². The quantitative estimate of drug-likeness (QED) is 0.0189. The highest BCUT2D eigenvalue weighted by Crippen LogP contribution is 2.44. The van der Waals surface area contributed by atoms with Crippen LogP contribution in [-0.4, -0.2) is 252 Å². The summed E-state index contributed by atoms with van der Waals surface area (Å²) in [5, 5.41) is 17.8. The van der Waals surface area contributed by atoms with E-state index < -0.39 is 119 Å². The topological polar surface area (TPSA) is 403 Å². The van der Waals surface area contributed by atoms with Gasteiger partial charge in [-0.3, -0.25) is 62.5 Å². The number of anilines is 1. The summed E-state index contributed by atoms with van der Waals surface area (Å²) in [6, 6.07) is 3.23. The predicted octanol–water partition coefficient (Wildman–Crippen LogP) is 5.37. The molecule has 3 aliphatic heterocycles. The number of carbonyl (C=O) groups excluding carboxylic acids is 7. The van der Waals surface area contributed by atoms with Crippen LogP contribution in [-0.2, 0) is 102 Å². The number of aromatic nitrogens is 1. The van der Waals surface area contributed by atoms with E-state index in [2.05, 4.69) is 20.7 Å². The van der Waals surface area contributed by atoms with Gasteiger partial charge in [-0.1, -0.05) is 6.07 Å². The molecule has 0 unspecified atom stereocenters. The first kappa shape index (κ1) is 91.4.